The van der Waals surface area contributed by atoms with Crippen molar-refractivity contribution in [2.24, 2.45) is 5.41 Å². The number of alkyl halides is 4. The SMILES string of the molecule is CCCCCCCCCOC(=O)C(C)(C)C(=O)OCC(F)(F)C(F)F. The second kappa shape index (κ2) is 11.3. The quantitative estimate of drug-likeness (QED) is 0.203. The van der Waals surface area contributed by atoms with Crippen LogP contribution in [0.5, 0.6) is 0 Å². The van der Waals surface area contributed by atoms with Crippen LogP contribution in [-0.4, -0.2) is 37.5 Å². The van der Waals surface area contributed by atoms with E-state index >= 15 is 0 Å². The van der Waals surface area contributed by atoms with Gasteiger partial charge in [0.2, 0.25) is 0 Å². The Hall–Kier alpha value is -1.34. The highest BCUT2D eigenvalue weighted by atomic mass is 19.3. The summed E-state index contributed by atoms with van der Waals surface area (Å²) in [5.41, 5.74) is -1.83. The van der Waals surface area contributed by atoms with Gasteiger partial charge in [0.15, 0.2) is 12.0 Å². The van der Waals surface area contributed by atoms with E-state index < -0.39 is 36.3 Å². The Balaban J connectivity index is 4.12. The zero-order chi connectivity index (χ0) is 19.5. The van der Waals surface area contributed by atoms with E-state index in [4.69, 9.17) is 4.74 Å². The van der Waals surface area contributed by atoms with Crippen LogP contribution in [0.3, 0.4) is 0 Å². The van der Waals surface area contributed by atoms with E-state index in [1.54, 1.807) is 0 Å². The lowest BCUT2D eigenvalue weighted by Gasteiger charge is -2.22. The van der Waals surface area contributed by atoms with Crippen molar-refractivity contribution >= 4 is 11.9 Å². The molecule has 0 N–H and O–H groups in total. The van der Waals surface area contributed by atoms with Crippen molar-refractivity contribution in [3.8, 4) is 0 Å². The molecule has 0 aromatic heterocycles. The van der Waals surface area contributed by atoms with Gasteiger partial charge in [-0.25, -0.2) is 8.78 Å². The third kappa shape index (κ3) is 9.07. The molecule has 0 amide bonds. The maximum absolute atomic E-state index is 12.8. The summed E-state index contributed by atoms with van der Waals surface area (Å²) in [6.45, 7) is 2.74. The minimum atomic E-state index is -4.45. The highest BCUT2D eigenvalue weighted by Crippen LogP contribution is 2.26. The Morgan fingerprint density at radius 3 is 1.88 bits per heavy atom. The van der Waals surface area contributed by atoms with Gasteiger partial charge >= 0.3 is 24.3 Å². The van der Waals surface area contributed by atoms with Crippen molar-refractivity contribution in [3.05, 3.63) is 0 Å². The summed E-state index contributed by atoms with van der Waals surface area (Å²) >= 11 is 0. The average Bonchev–Trinajstić information content (AvgIpc) is 2.54. The van der Waals surface area contributed by atoms with E-state index in [1.165, 1.54) is 12.8 Å². The number of carbonyl (C=O) groups is 2. The largest absolute Gasteiger partial charge is 0.465 e. The summed E-state index contributed by atoms with van der Waals surface area (Å²) in [5.74, 6) is -6.70. The Morgan fingerprint density at radius 2 is 1.36 bits per heavy atom. The maximum Gasteiger partial charge on any atom is 0.340 e. The molecule has 0 aromatic rings. The molecule has 25 heavy (non-hydrogen) atoms. The van der Waals surface area contributed by atoms with E-state index in [0.29, 0.717) is 6.42 Å². The first-order valence-electron chi connectivity index (χ1n) is 8.56. The lowest BCUT2D eigenvalue weighted by atomic mass is 9.94. The summed E-state index contributed by atoms with van der Waals surface area (Å²) in [4.78, 5) is 23.6. The van der Waals surface area contributed by atoms with E-state index in [2.05, 4.69) is 11.7 Å². The molecule has 0 radical (unpaired) electrons. The van der Waals surface area contributed by atoms with Gasteiger partial charge in [-0.2, -0.15) is 8.78 Å². The average molecular weight is 372 g/mol. The Labute approximate surface area is 146 Å². The van der Waals surface area contributed by atoms with Gasteiger partial charge in [-0.15, -0.1) is 0 Å². The van der Waals surface area contributed by atoms with E-state index in [0.717, 1.165) is 39.5 Å². The van der Waals surface area contributed by atoms with Crippen molar-refractivity contribution in [3.63, 3.8) is 0 Å². The summed E-state index contributed by atoms with van der Waals surface area (Å²) in [6, 6.07) is 0. The maximum atomic E-state index is 12.8. The summed E-state index contributed by atoms with van der Waals surface area (Å²) < 4.78 is 58.7. The van der Waals surface area contributed by atoms with Crippen LogP contribution in [0, 0.1) is 5.41 Å². The second-order valence-electron chi connectivity index (χ2n) is 6.52. The monoisotopic (exact) mass is 372 g/mol. The molecule has 4 nitrogen and oxygen atoms in total. The fourth-order valence-electron chi connectivity index (χ4n) is 1.89. The van der Waals surface area contributed by atoms with Gasteiger partial charge < -0.3 is 9.47 Å². The number of hydrogen-bond donors (Lipinski definition) is 0. The first kappa shape index (κ1) is 23.7. The minimum absolute atomic E-state index is 0.108. The minimum Gasteiger partial charge on any atom is -0.465 e. The van der Waals surface area contributed by atoms with E-state index in [-0.39, 0.29) is 6.61 Å². The summed E-state index contributed by atoms with van der Waals surface area (Å²) in [6.07, 6.45) is 3.20. The first-order chi connectivity index (χ1) is 11.6. The molecule has 0 saturated carbocycles. The lowest BCUT2D eigenvalue weighted by Crippen LogP contribution is -2.40. The molecule has 8 heteroatoms. The zero-order valence-corrected chi connectivity index (χ0v) is 15.1. The van der Waals surface area contributed by atoms with Gasteiger partial charge in [0, 0.05) is 0 Å². The molecule has 0 heterocycles. The van der Waals surface area contributed by atoms with Gasteiger partial charge in [-0.1, -0.05) is 45.4 Å². The number of carbonyl (C=O) groups excluding carboxylic acids is 2. The van der Waals surface area contributed by atoms with Crippen LogP contribution < -0.4 is 0 Å². The molecule has 0 unspecified atom stereocenters. The molecule has 148 valence electrons. The second-order valence-corrected chi connectivity index (χ2v) is 6.52. The van der Waals surface area contributed by atoms with Crippen molar-refractivity contribution < 1.29 is 36.6 Å². The molecular formula is C17H28F4O4. The van der Waals surface area contributed by atoms with Crippen LogP contribution >= 0.6 is 0 Å². The van der Waals surface area contributed by atoms with Crippen LogP contribution in [0.15, 0.2) is 0 Å². The zero-order valence-electron chi connectivity index (χ0n) is 15.1. The van der Waals surface area contributed by atoms with Crippen molar-refractivity contribution in [2.45, 2.75) is 78.1 Å². The third-order valence-corrected chi connectivity index (χ3v) is 3.72. The molecule has 0 rings (SSSR count). The Morgan fingerprint density at radius 1 is 0.880 bits per heavy atom. The van der Waals surface area contributed by atoms with E-state index in [9.17, 15) is 27.2 Å². The first-order valence-corrected chi connectivity index (χ1v) is 8.56. The van der Waals surface area contributed by atoms with Crippen molar-refractivity contribution in [2.75, 3.05) is 13.2 Å². The van der Waals surface area contributed by atoms with Crippen molar-refractivity contribution in [1.82, 2.24) is 0 Å². The van der Waals surface area contributed by atoms with Crippen LogP contribution in [0.4, 0.5) is 17.6 Å². The smallest absolute Gasteiger partial charge is 0.340 e. The standard InChI is InChI=1S/C17H28F4O4/c1-4-5-6-7-8-9-10-11-24-14(22)16(2,3)15(23)25-12-17(20,21)13(18)19/h13H,4-12H2,1-3H3. The third-order valence-electron chi connectivity index (χ3n) is 3.72. The predicted octanol–water partition coefficient (Wildman–Crippen LogP) is 4.75. The molecule has 0 aliphatic rings. The molecule has 0 fully saturated rings. The normalized spacial score (nSPS) is 12.3. The topological polar surface area (TPSA) is 52.6 Å². The molecule has 0 spiro atoms. The van der Waals surface area contributed by atoms with E-state index in [1.807, 2.05) is 0 Å². The molecule has 0 aliphatic heterocycles. The number of halogens is 4. The number of ether oxygens (including phenoxy) is 2. The molecule has 0 atom stereocenters. The highest BCUT2D eigenvalue weighted by Gasteiger charge is 2.45. The Bertz CT molecular complexity index is 411. The van der Waals surface area contributed by atoms with Gasteiger partial charge in [0.05, 0.1) is 6.61 Å². The molecular weight excluding hydrogens is 344 g/mol. The van der Waals surface area contributed by atoms with Gasteiger partial charge in [-0.05, 0) is 20.3 Å². The molecule has 0 saturated heterocycles. The summed E-state index contributed by atoms with van der Waals surface area (Å²) in [7, 11) is 0. The number of esters is 2. The fourth-order valence-corrected chi connectivity index (χ4v) is 1.89. The fraction of sp³-hybridized carbons (Fsp3) is 0.882. The summed E-state index contributed by atoms with van der Waals surface area (Å²) in [5, 5.41) is 0. The Kier molecular flexibility index (Phi) is 10.7. The lowest BCUT2D eigenvalue weighted by molar-refractivity contribution is -0.190. The van der Waals surface area contributed by atoms with Crippen LogP contribution in [0.1, 0.15) is 65.7 Å². The van der Waals surface area contributed by atoms with Gasteiger partial charge in [0.25, 0.3) is 0 Å². The van der Waals surface area contributed by atoms with Crippen LogP contribution in [0.25, 0.3) is 0 Å². The molecule has 0 aromatic carbocycles. The van der Waals surface area contributed by atoms with Crippen LogP contribution in [-0.2, 0) is 19.1 Å². The highest BCUT2D eigenvalue weighted by molar-refractivity contribution is 5.99. The van der Waals surface area contributed by atoms with Crippen LogP contribution in [0.2, 0.25) is 0 Å². The number of unbranched alkanes of at least 4 members (excludes halogenated alkanes) is 6. The molecule has 0 bridgehead atoms. The molecule has 0 aliphatic carbocycles. The van der Waals surface area contributed by atoms with Crippen molar-refractivity contribution in [1.29, 1.82) is 0 Å². The predicted molar refractivity (Wildman–Crippen MR) is 84.6 cm³/mol. The number of rotatable bonds is 13. The van der Waals surface area contributed by atoms with Gasteiger partial charge in [0.1, 0.15) is 0 Å². The van der Waals surface area contributed by atoms with Gasteiger partial charge in [-0.3, -0.25) is 9.59 Å². The number of hydrogen-bond acceptors (Lipinski definition) is 4.